The number of aliphatic hydroxyl groups is 1. The van der Waals surface area contributed by atoms with E-state index in [1.54, 1.807) is 6.92 Å². The fourth-order valence-corrected chi connectivity index (χ4v) is 1.51. The van der Waals surface area contributed by atoms with Gasteiger partial charge in [0.25, 0.3) is 5.92 Å². The van der Waals surface area contributed by atoms with Crippen LogP contribution in [0.1, 0.15) is 19.0 Å². The number of nitrogens with zero attached hydrogens (tertiary/aromatic N) is 2. The second-order valence-electron chi connectivity index (χ2n) is 2.85. The summed E-state index contributed by atoms with van der Waals surface area (Å²) < 4.78 is 28.1. The third-order valence-corrected chi connectivity index (χ3v) is 2.18. The van der Waals surface area contributed by atoms with E-state index in [-0.39, 0.29) is 10.8 Å². The molecule has 0 spiro atoms. The van der Waals surface area contributed by atoms with E-state index in [0.717, 1.165) is 0 Å². The molecule has 14 heavy (non-hydrogen) atoms. The maximum Gasteiger partial charge on any atom is 0.293 e. The Morgan fingerprint density at radius 1 is 1.64 bits per heavy atom. The number of aliphatic hydroxyl groups excluding tert-OH is 1. The smallest absolute Gasteiger partial charge is 0.293 e. The summed E-state index contributed by atoms with van der Waals surface area (Å²) >= 11 is 5.55. The molecule has 0 radical (unpaired) electrons. The van der Waals surface area contributed by atoms with Gasteiger partial charge in [0.05, 0.1) is 6.33 Å². The van der Waals surface area contributed by atoms with E-state index in [4.69, 9.17) is 16.7 Å². The largest absolute Gasteiger partial charge is 0.396 e. The van der Waals surface area contributed by atoms with Crippen molar-refractivity contribution in [3.05, 3.63) is 17.2 Å². The molecule has 0 aliphatic carbocycles. The molecule has 0 atom stereocenters. The average Bonchev–Trinajstić information content (AvgIpc) is 2.47. The number of aromatic nitrogens is 2. The molecule has 1 rings (SSSR count). The Morgan fingerprint density at radius 3 is 2.79 bits per heavy atom. The third kappa shape index (κ3) is 2.04. The number of hydrogen-bond donors (Lipinski definition) is 1. The highest BCUT2D eigenvalue weighted by atomic mass is 35.5. The van der Waals surface area contributed by atoms with Crippen LogP contribution < -0.4 is 0 Å². The zero-order valence-electron chi connectivity index (χ0n) is 7.67. The van der Waals surface area contributed by atoms with Crippen LogP contribution in [0.3, 0.4) is 0 Å². The summed E-state index contributed by atoms with van der Waals surface area (Å²) in [5.41, 5.74) is -0.323. The van der Waals surface area contributed by atoms with E-state index in [0.29, 0.717) is 6.54 Å². The topological polar surface area (TPSA) is 38.0 Å². The molecule has 1 aromatic rings. The maximum absolute atomic E-state index is 13.4. The van der Waals surface area contributed by atoms with Crippen LogP contribution in [0.4, 0.5) is 8.78 Å². The molecule has 1 aromatic heterocycles. The second-order valence-corrected chi connectivity index (χ2v) is 3.21. The fraction of sp³-hybridized carbons (Fsp3) is 0.625. The van der Waals surface area contributed by atoms with Gasteiger partial charge in [-0.3, -0.25) is 0 Å². The minimum absolute atomic E-state index is 0.203. The van der Waals surface area contributed by atoms with E-state index >= 15 is 0 Å². The molecule has 0 unspecified atom stereocenters. The molecular weight excluding hydrogens is 214 g/mol. The Morgan fingerprint density at radius 2 is 2.29 bits per heavy atom. The fourth-order valence-electron chi connectivity index (χ4n) is 1.22. The van der Waals surface area contributed by atoms with Crippen molar-refractivity contribution in [1.29, 1.82) is 0 Å². The number of halogens is 3. The van der Waals surface area contributed by atoms with Gasteiger partial charge in [-0.25, -0.2) is 4.98 Å². The lowest BCUT2D eigenvalue weighted by molar-refractivity contribution is -0.0339. The van der Waals surface area contributed by atoms with Crippen molar-refractivity contribution >= 4 is 11.6 Å². The summed E-state index contributed by atoms with van der Waals surface area (Å²) in [7, 11) is 0. The van der Waals surface area contributed by atoms with Crippen molar-refractivity contribution in [3.63, 3.8) is 0 Å². The standard InChI is InChI=1S/C8H11ClF2N2O/c1-2-13-5-12-7(9)6(13)8(10,11)3-4-14/h5,14H,2-4H2,1H3. The van der Waals surface area contributed by atoms with Crippen LogP contribution in [0, 0.1) is 0 Å². The Kier molecular flexibility index (Phi) is 3.44. The number of rotatable bonds is 4. The van der Waals surface area contributed by atoms with Crippen LogP contribution >= 0.6 is 11.6 Å². The number of hydrogen-bond acceptors (Lipinski definition) is 2. The molecule has 0 bridgehead atoms. The average molecular weight is 225 g/mol. The van der Waals surface area contributed by atoms with E-state index in [1.165, 1.54) is 10.9 Å². The Balaban J connectivity index is 3.08. The van der Waals surface area contributed by atoms with Crippen LogP contribution in [0.15, 0.2) is 6.33 Å². The van der Waals surface area contributed by atoms with Crippen molar-refractivity contribution in [3.8, 4) is 0 Å². The zero-order valence-corrected chi connectivity index (χ0v) is 8.43. The number of alkyl halides is 2. The van der Waals surface area contributed by atoms with Gasteiger partial charge in [-0.15, -0.1) is 0 Å². The van der Waals surface area contributed by atoms with E-state index in [1.807, 2.05) is 0 Å². The quantitative estimate of drug-likeness (QED) is 0.850. The molecule has 1 heterocycles. The van der Waals surface area contributed by atoms with Crippen LogP contribution in [0.2, 0.25) is 5.15 Å². The maximum atomic E-state index is 13.4. The minimum Gasteiger partial charge on any atom is -0.396 e. The summed E-state index contributed by atoms with van der Waals surface area (Å²) in [6.07, 6.45) is 0.626. The van der Waals surface area contributed by atoms with E-state index < -0.39 is 19.0 Å². The molecule has 0 aliphatic heterocycles. The van der Waals surface area contributed by atoms with Crippen molar-refractivity contribution in [1.82, 2.24) is 9.55 Å². The van der Waals surface area contributed by atoms with Crippen LogP contribution in [-0.4, -0.2) is 21.3 Å². The Bertz CT molecular complexity index is 314. The summed E-state index contributed by atoms with van der Waals surface area (Å²) in [6.45, 7) is 1.50. The molecule has 3 nitrogen and oxygen atoms in total. The molecule has 0 saturated heterocycles. The van der Waals surface area contributed by atoms with E-state index in [9.17, 15) is 8.78 Å². The van der Waals surface area contributed by atoms with Gasteiger partial charge in [0.1, 0.15) is 5.69 Å². The highest BCUT2D eigenvalue weighted by Gasteiger charge is 2.36. The van der Waals surface area contributed by atoms with Crippen LogP contribution in [0.25, 0.3) is 0 Å². The first-order valence-corrected chi connectivity index (χ1v) is 4.60. The molecule has 0 aromatic carbocycles. The van der Waals surface area contributed by atoms with E-state index in [2.05, 4.69) is 4.98 Å². The molecule has 0 amide bonds. The summed E-state index contributed by atoms with van der Waals surface area (Å²) in [5, 5.41) is 8.30. The summed E-state index contributed by atoms with van der Waals surface area (Å²) in [6, 6.07) is 0. The molecule has 0 saturated carbocycles. The lowest BCUT2D eigenvalue weighted by atomic mass is 10.2. The normalized spacial score (nSPS) is 12.1. The van der Waals surface area contributed by atoms with Crippen molar-refractivity contribution in [2.45, 2.75) is 25.8 Å². The van der Waals surface area contributed by atoms with Crippen molar-refractivity contribution < 1.29 is 13.9 Å². The lowest BCUT2D eigenvalue weighted by Crippen LogP contribution is -2.20. The molecule has 0 fully saturated rings. The number of aryl methyl sites for hydroxylation is 1. The molecule has 80 valence electrons. The SMILES string of the molecule is CCn1cnc(Cl)c1C(F)(F)CCO. The van der Waals surface area contributed by atoms with Gasteiger partial charge in [0.15, 0.2) is 5.15 Å². The van der Waals surface area contributed by atoms with Gasteiger partial charge in [-0.05, 0) is 6.92 Å². The van der Waals surface area contributed by atoms with Gasteiger partial charge in [-0.1, -0.05) is 11.6 Å². The third-order valence-electron chi connectivity index (χ3n) is 1.91. The Hall–Kier alpha value is -0.680. The molecule has 6 heteroatoms. The van der Waals surface area contributed by atoms with Crippen LogP contribution in [0.5, 0.6) is 0 Å². The van der Waals surface area contributed by atoms with Gasteiger partial charge >= 0.3 is 0 Å². The van der Waals surface area contributed by atoms with Gasteiger partial charge in [0.2, 0.25) is 0 Å². The Labute approximate surface area is 85.3 Å². The van der Waals surface area contributed by atoms with Gasteiger partial charge < -0.3 is 9.67 Å². The first-order valence-electron chi connectivity index (χ1n) is 4.22. The number of imidazole rings is 1. The predicted octanol–water partition coefficient (Wildman–Crippen LogP) is 2.03. The van der Waals surface area contributed by atoms with Crippen LogP contribution in [-0.2, 0) is 12.5 Å². The molecule has 0 aliphatic rings. The minimum atomic E-state index is -3.13. The summed E-state index contributed by atoms with van der Waals surface area (Å²) in [5.74, 6) is -3.13. The second kappa shape index (κ2) is 4.23. The first kappa shape index (κ1) is 11.4. The first-order chi connectivity index (χ1) is 6.53. The van der Waals surface area contributed by atoms with Gasteiger partial charge in [-0.2, -0.15) is 8.78 Å². The summed E-state index contributed by atoms with van der Waals surface area (Å²) in [4.78, 5) is 3.60. The highest BCUT2D eigenvalue weighted by molar-refractivity contribution is 6.30. The van der Waals surface area contributed by atoms with Gasteiger partial charge in [0, 0.05) is 19.6 Å². The lowest BCUT2D eigenvalue weighted by Gasteiger charge is -2.16. The predicted molar refractivity (Wildman–Crippen MR) is 48.5 cm³/mol. The molecule has 1 N–H and O–H groups in total. The monoisotopic (exact) mass is 224 g/mol. The zero-order chi connectivity index (χ0) is 10.8. The highest BCUT2D eigenvalue weighted by Crippen LogP contribution is 2.35. The molecular formula is C8H11ClF2N2O. The van der Waals surface area contributed by atoms with Crippen molar-refractivity contribution in [2.75, 3.05) is 6.61 Å². The van der Waals surface area contributed by atoms with Crippen molar-refractivity contribution in [2.24, 2.45) is 0 Å².